The number of hydrogen-bond acceptors (Lipinski definition) is 5. The summed E-state index contributed by atoms with van der Waals surface area (Å²) in [5, 5.41) is 2.02. The number of nitrogens with one attached hydrogen (secondary N) is 1. The highest BCUT2D eigenvalue weighted by atomic mass is 31.2. The molecular formula is C14H17F5NO5P. The van der Waals surface area contributed by atoms with Gasteiger partial charge in [0.15, 0.2) is 0 Å². The number of hydrogen-bond donors (Lipinski definition) is 1. The highest BCUT2D eigenvalue weighted by Gasteiger charge is 2.36. The van der Waals surface area contributed by atoms with Gasteiger partial charge in [0.1, 0.15) is 6.04 Å². The van der Waals surface area contributed by atoms with E-state index in [1.807, 2.05) is 5.09 Å². The van der Waals surface area contributed by atoms with E-state index >= 15 is 0 Å². The van der Waals surface area contributed by atoms with Crippen LogP contribution in [0.2, 0.25) is 0 Å². The fraction of sp³-hybridized carbons (Fsp3) is 0.500. The van der Waals surface area contributed by atoms with Crippen LogP contribution < -0.4 is 9.61 Å². The third kappa shape index (κ3) is 5.15. The van der Waals surface area contributed by atoms with E-state index in [1.165, 1.54) is 27.7 Å². The summed E-state index contributed by atoms with van der Waals surface area (Å²) in [5.74, 6) is -14.3. The average Bonchev–Trinajstić information content (AvgIpc) is 2.54. The standard InChI is InChI=1S/C14H17F5NO5P/c1-5-23-26(22,20-7(4)14(21)24-6(2)3)25-13-11(18)9(16)8(15)10(17)12(13)19/h6-7H,5H2,1-4H3,(H,20,22)/t7-,26?/m0/s1. The molecule has 148 valence electrons. The Kier molecular flexibility index (Phi) is 7.55. The number of carbonyl (C=O) groups excluding carboxylic acids is 1. The van der Waals surface area contributed by atoms with E-state index in [-0.39, 0.29) is 6.61 Å². The zero-order valence-electron chi connectivity index (χ0n) is 14.2. The zero-order valence-corrected chi connectivity index (χ0v) is 15.1. The lowest BCUT2D eigenvalue weighted by atomic mass is 10.3. The van der Waals surface area contributed by atoms with E-state index < -0.39 is 60.7 Å². The van der Waals surface area contributed by atoms with Crippen molar-refractivity contribution < 1.29 is 45.1 Å². The number of halogens is 5. The van der Waals surface area contributed by atoms with Gasteiger partial charge in [0.2, 0.25) is 34.8 Å². The summed E-state index contributed by atoms with van der Waals surface area (Å²) in [6.07, 6.45) is -0.519. The lowest BCUT2D eigenvalue weighted by Gasteiger charge is -2.23. The largest absolute Gasteiger partial charge is 0.462 e. The lowest BCUT2D eigenvalue weighted by molar-refractivity contribution is -0.149. The molecule has 0 aliphatic carbocycles. The zero-order chi connectivity index (χ0) is 20.2. The maximum Gasteiger partial charge on any atom is 0.459 e. The predicted molar refractivity (Wildman–Crippen MR) is 79.9 cm³/mol. The Bertz CT molecular complexity index is 701. The van der Waals surface area contributed by atoms with Crippen LogP contribution >= 0.6 is 7.75 Å². The minimum Gasteiger partial charge on any atom is -0.462 e. The highest BCUT2D eigenvalue weighted by Crippen LogP contribution is 2.47. The van der Waals surface area contributed by atoms with Crippen LogP contribution in [0.1, 0.15) is 27.7 Å². The van der Waals surface area contributed by atoms with Crippen LogP contribution in [0.25, 0.3) is 0 Å². The van der Waals surface area contributed by atoms with Gasteiger partial charge in [-0.1, -0.05) is 0 Å². The number of esters is 1. The molecule has 12 heteroatoms. The molecule has 0 spiro atoms. The van der Waals surface area contributed by atoms with Crippen LogP contribution in [-0.4, -0.2) is 24.7 Å². The molecule has 0 amide bonds. The molecule has 0 aliphatic heterocycles. The molecule has 0 fully saturated rings. The van der Waals surface area contributed by atoms with Crippen molar-refractivity contribution in [2.24, 2.45) is 0 Å². The summed E-state index contributed by atoms with van der Waals surface area (Å²) in [7, 11) is -4.69. The van der Waals surface area contributed by atoms with Gasteiger partial charge in [-0.15, -0.1) is 0 Å². The molecule has 0 saturated heterocycles. The Morgan fingerprint density at radius 2 is 1.46 bits per heavy atom. The van der Waals surface area contributed by atoms with Crippen molar-refractivity contribution in [1.82, 2.24) is 5.09 Å². The summed E-state index contributed by atoms with van der Waals surface area (Å²) >= 11 is 0. The molecule has 1 aromatic carbocycles. The second kappa shape index (κ2) is 8.79. The average molecular weight is 405 g/mol. The van der Waals surface area contributed by atoms with Gasteiger partial charge in [-0.25, -0.2) is 17.7 Å². The summed E-state index contributed by atoms with van der Waals surface area (Å²) < 4.78 is 93.5. The normalized spacial score (nSPS) is 14.8. The second-order valence-electron chi connectivity index (χ2n) is 5.24. The topological polar surface area (TPSA) is 73.9 Å². The molecule has 0 aliphatic rings. The number of carbonyl (C=O) groups is 1. The van der Waals surface area contributed by atoms with Gasteiger partial charge in [-0.2, -0.15) is 13.9 Å². The molecule has 26 heavy (non-hydrogen) atoms. The fourth-order valence-corrected chi connectivity index (χ4v) is 3.17. The third-order valence-electron chi connectivity index (χ3n) is 2.74. The van der Waals surface area contributed by atoms with Crippen molar-refractivity contribution in [1.29, 1.82) is 0 Å². The van der Waals surface area contributed by atoms with Gasteiger partial charge in [0.05, 0.1) is 12.7 Å². The van der Waals surface area contributed by atoms with E-state index in [4.69, 9.17) is 9.26 Å². The molecule has 0 aromatic heterocycles. The smallest absolute Gasteiger partial charge is 0.459 e. The van der Waals surface area contributed by atoms with Crippen molar-refractivity contribution >= 4 is 13.7 Å². The first kappa shape index (κ1) is 22.3. The maximum absolute atomic E-state index is 13.7. The first-order valence-electron chi connectivity index (χ1n) is 7.37. The minimum absolute atomic E-state index is 0.328. The van der Waals surface area contributed by atoms with Gasteiger partial charge in [-0.05, 0) is 27.7 Å². The minimum atomic E-state index is -4.69. The third-order valence-corrected chi connectivity index (χ3v) is 4.46. The fourth-order valence-electron chi connectivity index (χ4n) is 1.67. The molecule has 1 aromatic rings. The van der Waals surface area contributed by atoms with E-state index in [1.54, 1.807) is 0 Å². The Balaban J connectivity index is 3.19. The van der Waals surface area contributed by atoms with Crippen LogP contribution in [0, 0.1) is 29.1 Å². The van der Waals surface area contributed by atoms with Crippen LogP contribution in [0.4, 0.5) is 22.0 Å². The van der Waals surface area contributed by atoms with Crippen LogP contribution in [0.5, 0.6) is 5.75 Å². The molecule has 0 heterocycles. The first-order valence-corrected chi connectivity index (χ1v) is 8.91. The van der Waals surface area contributed by atoms with Gasteiger partial charge < -0.3 is 9.26 Å². The molecule has 1 N–H and O–H groups in total. The molecule has 0 bridgehead atoms. The summed E-state index contributed by atoms with van der Waals surface area (Å²) in [6.45, 7) is 5.26. The van der Waals surface area contributed by atoms with Crippen LogP contribution in [-0.2, 0) is 18.6 Å². The highest BCUT2D eigenvalue weighted by molar-refractivity contribution is 7.52. The Morgan fingerprint density at radius 3 is 1.88 bits per heavy atom. The van der Waals surface area contributed by atoms with Crippen molar-refractivity contribution in [3.05, 3.63) is 29.1 Å². The molecule has 1 unspecified atom stereocenters. The van der Waals surface area contributed by atoms with Gasteiger partial charge in [0, 0.05) is 0 Å². The van der Waals surface area contributed by atoms with E-state index in [0.717, 1.165) is 0 Å². The van der Waals surface area contributed by atoms with E-state index in [0.29, 0.717) is 0 Å². The predicted octanol–water partition coefficient (Wildman–Crippen LogP) is 3.84. The molecule has 2 atom stereocenters. The van der Waals surface area contributed by atoms with Crippen LogP contribution in [0.3, 0.4) is 0 Å². The number of rotatable bonds is 8. The van der Waals surface area contributed by atoms with Gasteiger partial charge in [0.25, 0.3) is 0 Å². The van der Waals surface area contributed by atoms with Crippen molar-refractivity contribution in [3.8, 4) is 5.75 Å². The number of ether oxygens (including phenoxy) is 1. The van der Waals surface area contributed by atoms with Gasteiger partial charge >= 0.3 is 13.7 Å². The first-order chi connectivity index (χ1) is 11.9. The Labute approximate surface area is 146 Å². The maximum atomic E-state index is 13.7. The monoisotopic (exact) mass is 405 g/mol. The lowest BCUT2D eigenvalue weighted by Crippen LogP contribution is -2.36. The SMILES string of the molecule is CCOP(=O)(N[C@@H](C)C(=O)OC(C)C)Oc1c(F)c(F)c(F)c(F)c1F. The van der Waals surface area contributed by atoms with Crippen LogP contribution in [0.15, 0.2) is 0 Å². The molecule has 0 radical (unpaired) electrons. The Hall–Kier alpha value is -1.71. The van der Waals surface area contributed by atoms with Crippen molar-refractivity contribution in [2.75, 3.05) is 6.61 Å². The molecular weight excluding hydrogens is 388 g/mol. The summed E-state index contributed by atoms with van der Waals surface area (Å²) in [5.41, 5.74) is 0. The second-order valence-corrected chi connectivity index (χ2v) is 6.94. The number of benzene rings is 1. The van der Waals surface area contributed by atoms with E-state index in [2.05, 4.69) is 4.52 Å². The quantitative estimate of drug-likeness (QED) is 0.233. The summed E-state index contributed by atoms with van der Waals surface area (Å²) in [4.78, 5) is 11.7. The summed E-state index contributed by atoms with van der Waals surface area (Å²) in [6, 6.07) is -1.34. The van der Waals surface area contributed by atoms with Crippen molar-refractivity contribution in [2.45, 2.75) is 39.8 Å². The van der Waals surface area contributed by atoms with Crippen molar-refractivity contribution in [3.63, 3.8) is 0 Å². The molecule has 0 saturated carbocycles. The van der Waals surface area contributed by atoms with Gasteiger partial charge in [-0.3, -0.25) is 9.32 Å². The Morgan fingerprint density at radius 1 is 1.00 bits per heavy atom. The van der Waals surface area contributed by atoms with E-state index in [9.17, 15) is 31.3 Å². The molecule has 6 nitrogen and oxygen atoms in total. The molecule has 1 rings (SSSR count).